The van der Waals surface area contributed by atoms with Gasteiger partial charge in [-0.25, -0.2) is 4.79 Å². The molecule has 4 rings (SSSR count). The van der Waals surface area contributed by atoms with Crippen molar-refractivity contribution in [2.45, 2.75) is 25.0 Å². The zero-order valence-corrected chi connectivity index (χ0v) is 13.2. The summed E-state index contributed by atoms with van der Waals surface area (Å²) in [6, 6.07) is 5.92. The van der Waals surface area contributed by atoms with E-state index in [9.17, 15) is 4.79 Å². The summed E-state index contributed by atoms with van der Waals surface area (Å²) >= 11 is 3.53. The number of thioether (sulfide) groups is 2. The molecule has 1 aromatic carbocycles. The first-order valence-corrected chi connectivity index (χ1v) is 9.15. The van der Waals surface area contributed by atoms with Crippen LogP contribution in [-0.4, -0.2) is 16.7 Å². The quantitative estimate of drug-likeness (QED) is 0.794. The molecule has 1 aromatic heterocycles. The van der Waals surface area contributed by atoms with E-state index in [2.05, 4.69) is 17.1 Å². The molecule has 21 heavy (non-hydrogen) atoms. The van der Waals surface area contributed by atoms with Gasteiger partial charge in [-0.1, -0.05) is 23.5 Å². The smallest absolute Gasteiger partial charge is 0.336 e. The van der Waals surface area contributed by atoms with E-state index in [0.29, 0.717) is 0 Å². The molecule has 0 N–H and O–H groups in total. The van der Waals surface area contributed by atoms with Crippen LogP contribution in [-0.2, 0) is 18.6 Å². The fraction of sp³-hybridized carbons (Fsp3) is 0.375. The van der Waals surface area contributed by atoms with Crippen LogP contribution in [0.2, 0.25) is 0 Å². The van der Waals surface area contributed by atoms with Crippen LogP contribution in [0, 0.1) is 0 Å². The lowest BCUT2D eigenvalue weighted by Gasteiger charge is -2.07. The van der Waals surface area contributed by atoms with Gasteiger partial charge >= 0.3 is 5.63 Å². The van der Waals surface area contributed by atoms with Crippen molar-refractivity contribution in [3.05, 3.63) is 45.3 Å². The Morgan fingerprint density at radius 2 is 2.10 bits per heavy atom. The molecule has 0 atom stereocenters. The second-order valence-corrected chi connectivity index (χ2v) is 7.65. The average molecular weight is 317 g/mol. The lowest BCUT2D eigenvalue weighted by molar-refractivity contribution is 0.559. The minimum Gasteiger partial charge on any atom is -0.423 e. The Balaban J connectivity index is 1.74. The number of benzene rings is 1. The van der Waals surface area contributed by atoms with Crippen molar-refractivity contribution in [2.24, 2.45) is 4.99 Å². The zero-order chi connectivity index (χ0) is 14.2. The number of aliphatic imine (C=N–C) groups is 1. The Bertz CT molecular complexity index is 795. The van der Waals surface area contributed by atoms with Crippen molar-refractivity contribution in [1.29, 1.82) is 0 Å². The van der Waals surface area contributed by atoms with Crippen molar-refractivity contribution in [1.82, 2.24) is 0 Å². The number of hydrogen-bond donors (Lipinski definition) is 0. The van der Waals surface area contributed by atoms with Gasteiger partial charge in [0.2, 0.25) is 0 Å². The SMILES string of the molecule is O=c1cc(CSC2=NCCS2)c2cc3c(cc2o1)CCC3. The van der Waals surface area contributed by atoms with Gasteiger partial charge in [0.15, 0.2) is 0 Å². The van der Waals surface area contributed by atoms with E-state index >= 15 is 0 Å². The number of hydrogen-bond acceptors (Lipinski definition) is 5. The molecule has 0 spiro atoms. The zero-order valence-electron chi connectivity index (χ0n) is 11.6. The highest BCUT2D eigenvalue weighted by Gasteiger charge is 2.16. The van der Waals surface area contributed by atoms with Crippen molar-refractivity contribution in [3.8, 4) is 0 Å². The van der Waals surface area contributed by atoms with E-state index in [0.717, 1.165) is 51.8 Å². The van der Waals surface area contributed by atoms with Crippen LogP contribution in [0.4, 0.5) is 0 Å². The van der Waals surface area contributed by atoms with E-state index in [1.165, 1.54) is 17.5 Å². The van der Waals surface area contributed by atoms with Gasteiger partial charge in [-0.2, -0.15) is 0 Å². The van der Waals surface area contributed by atoms with Gasteiger partial charge in [0.1, 0.15) is 9.96 Å². The van der Waals surface area contributed by atoms with Gasteiger partial charge in [0.25, 0.3) is 0 Å². The molecule has 0 radical (unpaired) electrons. The Labute approximate surface area is 131 Å². The van der Waals surface area contributed by atoms with E-state index < -0.39 is 0 Å². The van der Waals surface area contributed by atoms with Crippen molar-refractivity contribution in [2.75, 3.05) is 12.3 Å². The van der Waals surface area contributed by atoms with E-state index in [-0.39, 0.29) is 5.63 Å². The first kappa shape index (κ1) is 13.5. The van der Waals surface area contributed by atoms with E-state index in [1.54, 1.807) is 29.6 Å². The van der Waals surface area contributed by atoms with Crippen molar-refractivity contribution < 1.29 is 4.42 Å². The van der Waals surface area contributed by atoms with Crippen LogP contribution < -0.4 is 5.63 Å². The van der Waals surface area contributed by atoms with Crippen LogP contribution in [0.3, 0.4) is 0 Å². The second kappa shape index (κ2) is 5.54. The maximum Gasteiger partial charge on any atom is 0.336 e. The van der Waals surface area contributed by atoms with E-state index in [4.69, 9.17) is 4.42 Å². The van der Waals surface area contributed by atoms with Gasteiger partial charge in [0, 0.05) is 23.0 Å². The first-order chi connectivity index (χ1) is 10.3. The Morgan fingerprint density at radius 1 is 1.24 bits per heavy atom. The Kier molecular flexibility index (Phi) is 3.55. The molecule has 2 aliphatic rings. The highest BCUT2D eigenvalue weighted by Crippen LogP contribution is 2.31. The monoisotopic (exact) mass is 317 g/mol. The predicted octanol–water partition coefficient (Wildman–Crippen LogP) is 3.62. The summed E-state index contributed by atoms with van der Waals surface area (Å²) in [5.74, 6) is 1.86. The third-order valence-electron chi connectivity index (χ3n) is 3.95. The lowest BCUT2D eigenvalue weighted by atomic mass is 10.0. The second-order valence-electron chi connectivity index (χ2n) is 5.35. The van der Waals surface area contributed by atoms with Gasteiger partial charge in [-0.3, -0.25) is 4.99 Å². The Hall–Kier alpha value is -1.20. The molecule has 0 bridgehead atoms. The number of nitrogens with zero attached hydrogens (tertiary/aromatic N) is 1. The molecule has 108 valence electrons. The Morgan fingerprint density at radius 3 is 2.90 bits per heavy atom. The van der Waals surface area contributed by atoms with Crippen LogP contribution in [0.5, 0.6) is 0 Å². The summed E-state index contributed by atoms with van der Waals surface area (Å²) in [5.41, 5.74) is 4.30. The maximum atomic E-state index is 11.8. The van der Waals surface area contributed by atoms with Crippen LogP contribution in [0.1, 0.15) is 23.1 Å². The number of rotatable bonds is 2. The summed E-state index contributed by atoms with van der Waals surface area (Å²) in [6.45, 7) is 0.915. The molecule has 3 nitrogen and oxygen atoms in total. The summed E-state index contributed by atoms with van der Waals surface area (Å²) in [4.78, 5) is 16.2. The summed E-state index contributed by atoms with van der Waals surface area (Å²) in [5, 5.41) is 1.09. The first-order valence-electron chi connectivity index (χ1n) is 7.18. The summed E-state index contributed by atoms with van der Waals surface area (Å²) in [7, 11) is 0. The largest absolute Gasteiger partial charge is 0.423 e. The molecule has 5 heteroatoms. The molecule has 0 saturated heterocycles. The van der Waals surface area contributed by atoms with Crippen LogP contribution >= 0.6 is 23.5 Å². The molecule has 1 aliphatic carbocycles. The number of fused-ring (bicyclic) bond motifs is 2. The number of aryl methyl sites for hydroxylation is 2. The minimum atomic E-state index is -0.253. The molecular weight excluding hydrogens is 302 g/mol. The fourth-order valence-corrected chi connectivity index (χ4v) is 4.96. The molecule has 0 fully saturated rings. The molecular formula is C16H15NO2S2. The highest BCUT2D eigenvalue weighted by atomic mass is 32.2. The highest BCUT2D eigenvalue weighted by molar-refractivity contribution is 8.38. The molecule has 0 saturated carbocycles. The summed E-state index contributed by atoms with van der Waals surface area (Å²) in [6.07, 6.45) is 3.44. The predicted molar refractivity (Wildman–Crippen MR) is 90.6 cm³/mol. The van der Waals surface area contributed by atoms with Crippen LogP contribution in [0.15, 0.2) is 32.4 Å². The third-order valence-corrected chi connectivity index (χ3v) is 6.25. The lowest BCUT2D eigenvalue weighted by Crippen LogP contribution is -2.01. The molecule has 2 aromatic rings. The van der Waals surface area contributed by atoms with Gasteiger partial charge < -0.3 is 4.42 Å². The standard InChI is InChI=1S/C16H15NO2S2/c18-15-8-12(9-21-16-17-4-5-20-16)13-6-10-2-1-3-11(10)7-14(13)19-15/h6-8H,1-5,9H2. The maximum absolute atomic E-state index is 11.8. The average Bonchev–Trinajstić information content (AvgIpc) is 3.13. The van der Waals surface area contributed by atoms with Crippen LogP contribution in [0.25, 0.3) is 11.0 Å². The normalized spacial score (nSPS) is 17.2. The topological polar surface area (TPSA) is 42.6 Å². The minimum absolute atomic E-state index is 0.253. The summed E-state index contributed by atoms with van der Waals surface area (Å²) < 4.78 is 6.54. The van der Waals surface area contributed by atoms with Gasteiger partial charge in [-0.15, -0.1) is 0 Å². The molecule has 0 amide bonds. The van der Waals surface area contributed by atoms with E-state index in [1.807, 2.05) is 0 Å². The van der Waals surface area contributed by atoms with Crippen molar-refractivity contribution in [3.63, 3.8) is 0 Å². The fourth-order valence-electron chi connectivity index (χ4n) is 2.96. The molecule has 0 unspecified atom stereocenters. The van der Waals surface area contributed by atoms with Crippen molar-refractivity contribution >= 4 is 38.9 Å². The van der Waals surface area contributed by atoms with Gasteiger partial charge in [0.05, 0.1) is 6.54 Å². The molecule has 1 aliphatic heterocycles. The molecule has 2 heterocycles. The third kappa shape index (κ3) is 2.64. The van der Waals surface area contributed by atoms with Gasteiger partial charge in [-0.05, 0) is 48.1 Å².